The van der Waals surface area contributed by atoms with Crippen LogP contribution in [0, 0.1) is 0 Å². The first kappa shape index (κ1) is 19.2. The van der Waals surface area contributed by atoms with Crippen LogP contribution in [-0.4, -0.2) is 39.9 Å². The highest BCUT2D eigenvalue weighted by Crippen LogP contribution is 2.26. The summed E-state index contributed by atoms with van der Waals surface area (Å²) >= 11 is 0. The van der Waals surface area contributed by atoms with Crippen LogP contribution in [0.3, 0.4) is 0 Å². The first-order valence-electron chi connectivity index (χ1n) is 10.1. The van der Waals surface area contributed by atoms with Crippen molar-refractivity contribution in [3.63, 3.8) is 0 Å². The SMILES string of the molecule is C[C@@H](C(=O)Nc1ccc(Oc2ccccc2)cc1)N1CCC[C@@H](c2ncc[nH]2)C1. The van der Waals surface area contributed by atoms with Gasteiger partial charge in [-0.05, 0) is 62.7 Å². The Morgan fingerprint density at radius 3 is 2.66 bits per heavy atom. The molecule has 2 aromatic carbocycles. The second-order valence-corrected chi connectivity index (χ2v) is 7.41. The van der Waals surface area contributed by atoms with E-state index in [1.807, 2.05) is 67.7 Å². The number of hydrogen-bond donors (Lipinski definition) is 2. The van der Waals surface area contributed by atoms with E-state index in [2.05, 4.69) is 20.2 Å². The maximum atomic E-state index is 12.8. The smallest absolute Gasteiger partial charge is 0.241 e. The quantitative estimate of drug-likeness (QED) is 0.654. The van der Waals surface area contributed by atoms with E-state index in [-0.39, 0.29) is 11.9 Å². The number of hydrogen-bond acceptors (Lipinski definition) is 4. The molecule has 6 nitrogen and oxygen atoms in total. The summed E-state index contributed by atoms with van der Waals surface area (Å²) in [6.07, 6.45) is 5.81. The van der Waals surface area contributed by atoms with Crippen LogP contribution in [0.4, 0.5) is 5.69 Å². The first-order valence-corrected chi connectivity index (χ1v) is 10.1. The van der Waals surface area contributed by atoms with Crippen molar-refractivity contribution in [1.82, 2.24) is 14.9 Å². The van der Waals surface area contributed by atoms with Crippen molar-refractivity contribution in [3.05, 3.63) is 72.8 Å². The Kier molecular flexibility index (Phi) is 5.91. The molecule has 0 spiro atoms. The van der Waals surface area contributed by atoms with Crippen LogP contribution < -0.4 is 10.1 Å². The Labute approximate surface area is 170 Å². The number of rotatable bonds is 6. The molecular formula is C23H26N4O2. The third-order valence-electron chi connectivity index (χ3n) is 5.39. The summed E-state index contributed by atoms with van der Waals surface area (Å²) in [5.41, 5.74) is 0.766. The lowest BCUT2D eigenvalue weighted by Crippen LogP contribution is -2.46. The number of piperidine rings is 1. The number of para-hydroxylation sites is 1. The number of H-pyrrole nitrogens is 1. The molecule has 0 aliphatic carbocycles. The Morgan fingerprint density at radius 2 is 1.93 bits per heavy atom. The highest BCUT2D eigenvalue weighted by atomic mass is 16.5. The molecule has 1 saturated heterocycles. The molecule has 1 aromatic heterocycles. The van der Waals surface area contributed by atoms with Gasteiger partial charge in [0.25, 0.3) is 0 Å². The van der Waals surface area contributed by atoms with Crippen molar-refractivity contribution >= 4 is 11.6 Å². The number of aromatic nitrogens is 2. The van der Waals surface area contributed by atoms with Gasteiger partial charge in [0.15, 0.2) is 0 Å². The molecule has 1 aliphatic rings. The van der Waals surface area contributed by atoms with E-state index < -0.39 is 0 Å². The molecule has 3 aromatic rings. The number of benzene rings is 2. The number of ether oxygens (including phenoxy) is 1. The number of nitrogens with one attached hydrogen (secondary N) is 2. The van der Waals surface area contributed by atoms with Gasteiger partial charge in [0.05, 0.1) is 6.04 Å². The summed E-state index contributed by atoms with van der Waals surface area (Å²) < 4.78 is 5.80. The summed E-state index contributed by atoms with van der Waals surface area (Å²) in [7, 11) is 0. The van der Waals surface area contributed by atoms with Crippen molar-refractivity contribution in [2.45, 2.75) is 31.7 Å². The van der Waals surface area contributed by atoms with Crippen LogP contribution in [0.5, 0.6) is 11.5 Å². The number of carbonyl (C=O) groups is 1. The number of nitrogens with zero attached hydrogens (tertiary/aromatic N) is 2. The zero-order valence-electron chi connectivity index (χ0n) is 16.5. The van der Waals surface area contributed by atoms with Gasteiger partial charge in [0, 0.05) is 30.5 Å². The van der Waals surface area contributed by atoms with Crippen molar-refractivity contribution in [3.8, 4) is 11.5 Å². The van der Waals surface area contributed by atoms with E-state index in [1.54, 1.807) is 6.20 Å². The summed E-state index contributed by atoms with van der Waals surface area (Å²) in [6.45, 7) is 3.73. The minimum atomic E-state index is -0.201. The normalized spacial score (nSPS) is 18.2. The van der Waals surface area contributed by atoms with Gasteiger partial charge in [-0.3, -0.25) is 9.69 Å². The van der Waals surface area contributed by atoms with Crippen molar-refractivity contribution < 1.29 is 9.53 Å². The molecule has 29 heavy (non-hydrogen) atoms. The molecule has 0 radical (unpaired) electrons. The minimum absolute atomic E-state index is 0.00169. The predicted molar refractivity (Wildman–Crippen MR) is 113 cm³/mol. The Bertz CT molecular complexity index is 910. The largest absolute Gasteiger partial charge is 0.457 e. The lowest BCUT2D eigenvalue weighted by atomic mass is 9.96. The van der Waals surface area contributed by atoms with Gasteiger partial charge in [-0.15, -0.1) is 0 Å². The highest BCUT2D eigenvalue weighted by Gasteiger charge is 2.29. The number of imidazole rings is 1. The van der Waals surface area contributed by atoms with Gasteiger partial charge in [0.1, 0.15) is 17.3 Å². The monoisotopic (exact) mass is 390 g/mol. The van der Waals surface area contributed by atoms with Gasteiger partial charge in [-0.25, -0.2) is 4.98 Å². The van der Waals surface area contributed by atoms with Crippen LogP contribution >= 0.6 is 0 Å². The fourth-order valence-corrected chi connectivity index (χ4v) is 3.73. The van der Waals surface area contributed by atoms with E-state index in [9.17, 15) is 4.79 Å². The topological polar surface area (TPSA) is 70.2 Å². The van der Waals surface area contributed by atoms with E-state index >= 15 is 0 Å². The van der Waals surface area contributed by atoms with Gasteiger partial charge in [-0.1, -0.05) is 18.2 Å². The molecule has 1 amide bonds. The number of amides is 1. The first-order chi connectivity index (χ1) is 14.2. The maximum absolute atomic E-state index is 12.8. The molecule has 0 saturated carbocycles. The van der Waals surface area contributed by atoms with Crippen LogP contribution in [0.1, 0.15) is 31.5 Å². The van der Waals surface area contributed by atoms with Crippen LogP contribution in [0.15, 0.2) is 67.0 Å². The molecule has 6 heteroatoms. The molecule has 2 heterocycles. The van der Waals surface area contributed by atoms with Crippen molar-refractivity contribution in [2.75, 3.05) is 18.4 Å². The Balaban J connectivity index is 1.33. The number of aromatic amines is 1. The van der Waals surface area contributed by atoms with Gasteiger partial charge >= 0.3 is 0 Å². The molecule has 2 atom stereocenters. The molecule has 1 fully saturated rings. The Morgan fingerprint density at radius 1 is 1.17 bits per heavy atom. The molecular weight excluding hydrogens is 364 g/mol. The average molecular weight is 390 g/mol. The van der Waals surface area contributed by atoms with Gasteiger partial charge in [0.2, 0.25) is 5.91 Å². The highest BCUT2D eigenvalue weighted by molar-refractivity contribution is 5.94. The number of carbonyl (C=O) groups excluding carboxylic acids is 1. The molecule has 2 N–H and O–H groups in total. The number of anilines is 1. The summed E-state index contributed by atoms with van der Waals surface area (Å²) in [6, 6.07) is 16.9. The van der Waals surface area contributed by atoms with Crippen LogP contribution in [-0.2, 0) is 4.79 Å². The van der Waals surface area contributed by atoms with Gasteiger partial charge < -0.3 is 15.0 Å². The lowest BCUT2D eigenvalue weighted by molar-refractivity contribution is -0.121. The molecule has 0 unspecified atom stereocenters. The van der Waals surface area contributed by atoms with Crippen LogP contribution in [0.2, 0.25) is 0 Å². The summed E-state index contributed by atoms with van der Waals surface area (Å²) in [5, 5.41) is 3.02. The number of likely N-dealkylation sites (tertiary alicyclic amines) is 1. The zero-order chi connectivity index (χ0) is 20.1. The maximum Gasteiger partial charge on any atom is 0.241 e. The Hall–Kier alpha value is -3.12. The predicted octanol–water partition coefficient (Wildman–Crippen LogP) is 4.41. The fraction of sp³-hybridized carbons (Fsp3) is 0.304. The second-order valence-electron chi connectivity index (χ2n) is 7.41. The third kappa shape index (κ3) is 4.84. The zero-order valence-corrected chi connectivity index (χ0v) is 16.5. The minimum Gasteiger partial charge on any atom is -0.457 e. The molecule has 150 valence electrons. The molecule has 0 bridgehead atoms. The van der Waals surface area contributed by atoms with Gasteiger partial charge in [-0.2, -0.15) is 0 Å². The molecule has 1 aliphatic heterocycles. The van der Waals surface area contributed by atoms with E-state index in [0.29, 0.717) is 5.92 Å². The van der Waals surface area contributed by atoms with Crippen molar-refractivity contribution in [2.24, 2.45) is 0 Å². The summed E-state index contributed by atoms with van der Waals surface area (Å²) in [4.78, 5) is 22.6. The van der Waals surface area contributed by atoms with E-state index in [1.165, 1.54) is 0 Å². The summed E-state index contributed by atoms with van der Waals surface area (Å²) in [5.74, 6) is 2.88. The van der Waals surface area contributed by atoms with E-state index in [4.69, 9.17) is 4.74 Å². The van der Waals surface area contributed by atoms with Crippen LogP contribution in [0.25, 0.3) is 0 Å². The third-order valence-corrected chi connectivity index (χ3v) is 5.39. The molecule has 4 rings (SSSR count). The second kappa shape index (κ2) is 8.92. The fourth-order valence-electron chi connectivity index (χ4n) is 3.73. The lowest BCUT2D eigenvalue weighted by Gasteiger charge is -2.35. The standard InChI is InChI=1S/C23H26N4O2/c1-17(27-15-5-6-18(16-27)22-24-13-14-25-22)23(28)26-19-9-11-21(12-10-19)29-20-7-3-2-4-8-20/h2-4,7-14,17-18H,5-6,15-16H2,1H3,(H,24,25)(H,26,28)/t17-,18+/m0/s1. The van der Waals surface area contributed by atoms with E-state index in [0.717, 1.165) is 48.9 Å². The average Bonchev–Trinajstić information content (AvgIpc) is 3.30. The van der Waals surface area contributed by atoms with Crippen molar-refractivity contribution in [1.29, 1.82) is 0 Å².